The van der Waals surface area contributed by atoms with Crippen molar-refractivity contribution in [3.63, 3.8) is 0 Å². The molecule has 0 radical (unpaired) electrons. The fraction of sp³-hybridized carbons (Fsp3) is 0.385. The second kappa shape index (κ2) is 5.03. The molecule has 1 atom stereocenters. The van der Waals surface area contributed by atoms with Gasteiger partial charge in [-0.25, -0.2) is 4.98 Å². The van der Waals surface area contributed by atoms with Crippen LogP contribution in [0.15, 0.2) is 16.8 Å². The van der Waals surface area contributed by atoms with Gasteiger partial charge in [0.15, 0.2) is 0 Å². The molecule has 100 valence electrons. The van der Waals surface area contributed by atoms with Gasteiger partial charge in [0.2, 0.25) is 0 Å². The number of amides is 1. The van der Waals surface area contributed by atoms with E-state index in [1.807, 2.05) is 19.4 Å². The van der Waals surface area contributed by atoms with Gasteiger partial charge in [-0.15, -0.1) is 22.7 Å². The first-order valence-electron chi connectivity index (χ1n) is 6.17. The third-order valence-corrected chi connectivity index (χ3v) is 5.12. The number of aromatic nitrogens is 1. The number of carbonyl (C=O) groups is 1. The lowest BCUT2D eigenvalue weighted by Gasteiger charge is -2.22. The van der Waals surface area contributed by atoms with Gasteiger partial charge in [-0.2, -0.15) is 0 Å². The molecular formula is C13H15N3OS2. The summed E-state index contributed by atoms with van der Waals surface area (Å²) in [6.07, 6.45) is 0.888. The van der Waals surface area contributed by atoms with Gasteiger partial charge in [0.05, 0.1) is 5.01 Å². The first-order valence-corrected chi connectivity index (χ1v) is 7.93. The topological polar surface area (TPSA) is 45.2 Å². The summed E-state index contributed by atoms with van der Waals surface area (Å²) in [5, 5.41) is 8.14. The first kappa shape index (κ1) is 12.8. The van der Waals surface area contributed by atoms with E-state index < -0.39 is 0 Å². The summed E-state index contributed by atoms with van der Waals surface area (Å²) in [6.45, 7) is 2.66. The van der Waals surface area contributed by atoms with Crippen LogP contribution in [-0.4, -0.2) is 24.5 Å². The lowest BCUT2D eigenvalue weighted by Crippen LogP contribution is -2.39. The van der Waals surface area contributed by atoms with Crippen LogP contribution in [-0.2, 0) is 11.2 Å². The van der Waals surface area contributed by atoms with E-state index in [2.05, 4.69) is 21.7 Å². The molecule has 1 unspecified atom stereocenters. The van der Waals surface area contributed by atoms with Crippen molar-refractivity contribution < 1.29 is 4.79 Å². The van der Waals surface area contributed by atoms with E-state index >= 15 is 0 Å². The normalized spacial score (nSPS) is 19.4. The van der Waals surface area contributed by atoms with Crippen molar-refractivity contribution in [1.82, 2.24) is 10.3 Å². The molecular weight excluding hydrogens is 278 g/mol. The molecule has 0 aromatic carbocycles. The van der Waals surface area contributed by atoms with Crippen LogP contribution in [0.4, 0.5) is 5.82 Å². The number of thiophene rings is 1. The van der Waals surface area contributed by atoms with Crippen LogP contribution in [0.25, 0.3) is 0 Å². The molecule has 2 aromatic rings. The first-order chi connectivity index (χ1) is 9.20. The number of thiazole rings is 1. The summed E-state index contributed by atoms with van der Waals surface area (Å²) in [7, 11) is 1.84. The predicted molar refractivity (Wildman–Crippen MR) is 79.0 cm³/mol. The zero-order chi connectivity index (χ0) is 13.4. The van der Waals surface area contributed by atoms with E-state index in [4.69, 9.17) is 0 Å². The van der Waals surface area contributed by atoms with E-state index in [-0.39, 0.29) is 11.9 Å². The van der Waals surface area contributed by atoms with Gasteiger partial charge in [0, 0.05) is 16.8 Å². The number of anilines is 1. The Bertz CT molecular complexity index is 605. The number of nitrogens with zero attached hydrogens (tertiary/aromatic N) is 2. The number of hydrogen-bond acceptors (Lipinski definition) is 5. The number of rotatable bonds is 2. The van der Waals surface area contributed by atoms with E-state index in [9.17, 15) is 4.79 Å². The second-order valence-electron chi connectivity index (χ2n) is 4.50. The van der Waals surface area contributed by atoms with E-state index in [0.717, 1.165) is 22.1 Å². The Balaban J connectivity index is 1.98. The Morgan fingerprint density at radius 1 is 1.47 bits per heavy atom. The maximum absolute atomic E-state index is 12.7. The molecule has 1 amide bonds. The van der Waals surface area contributed by atoms with Gasteiger partial charge in [-0.1, -0.05) is 0 Å². The van der Waals surface area contributed by atoms with E-state index in [0.29, 0.717) is 6.54 Å². The van der Waals surface area contributed by atoms with Gasteiger partial charge >= 0.3 is 0 Å². The molecule has 0 bridgehead atoms. The highest BCUT2D eigenvalue weighted by Gasteiger charge is 2.32. The smallest absolute Gasteiger partial charge is 0.250 e. The second-order valence-corrected chi connectivity index (χ2v) is 6.51. The zero-order valence-electron chi connectivity index (χ0n) is 10.8. The molecule has 19 heavy (non-hydrogen) atoms. The Hall–Kier alpha value is -1.24. The standard InChI is InChI=1S/C13H15N3OS2/c1-8-15-10(7-19-8)16-5-3-9-4-6-18-12(9)11(14-2)13(16)17/h4,6-7,11,14H,3,5H2,1-2H3. The third-order valence-electron chi connectivity index (χ3n) is 3.33. The third kappa shape index (κ3) is 2.20. The summed E-state index contributed by atoms with van der Waals surface area (Å²) >= 11 is 3.23. The average molecular weight is 293 g/mol. The maximum Gasteiger partial charge on any atom is 0.250 e. The molecule has 0 fully saturated rings. The maximum atomic E-state index is 12.7. The largest absolute Gasteiger partial charge is 0.305 e. The number of likely N-dealkylation sites (N-methyl/N-ethyl adjacent to an activating group) is 1. The fourth-order valence-corrected chi connectivity index (χ4v) is 4.03. The van der Waals surface area contributed by atoms with Gasteiger partial charge < -0.3 is 5.32 Å². The molecule has 1 N–H and O–H groups in total. The number of hydrogen-bond donors (Lipinski definition) is 1. The van der Waals surface area contributed by atoms with Gasteiger partial charge in [-0.3, -0.25) is 9.69 Å². The van der Waals surface area contributed by atoms with E-state index in [1.54, 1.807) is 27.6 Å². The van der Waals surface area contributed by atoms with Crippen LogP contribution in [0, 0.1) is 6.92 Å². The highest BCUT2D eigenvalue weighted by Crippen LogP contribution is 2.31. The molecule has 1 aliphatic heterocycles. The SMILES string of the molecule is CNC1C(=O)N(c2csc(C)n2)CCc2ccsc21. The van der Waals surface area contributed by atoms with Gasteiger partial charge in [0.1, 0.15) is 11.9 Å². The van der Waals surface area contributed by atoms with Crippen molar-refractivity contribution in [2.24, 2.45) is 0 Å². The predicted octanol–water partition coefficient (Wildman–Crippen LogP) is 2.36. The summed E-state index contributed by atoms with van der Waals surface area (Å²) in [4.78, 5) is 20.1. The van der Waals surface area contributed by atoms with Crippen LogP contribution in [0.1, 0.15) is 21.5 Å². The molecule has 3 rings (SSSR count). The zero-order valence-corrected chi connectivity index (χ0v) is 12.5. The van der Waals surface area contributed by atoms with Crippen molar-refractivity contribution in [1.29, 1.82) is 0 Å². The molecule has 0 saturated carbocycles. The summed E-state index contributed by atoms with van der Waals surface area (Å²) in [5.41, 5.74) is 1.27. The molecule has 6 heteroatoms. The number of fused-ring (bicyclic) bond motifs is 1. The lowest BCUT2D eigenvalue weighted by atomic mass is 10.1. The summed E-state index contributed by atoms with van der Waals surface area (Å²) in [6, 6.07) is 1.87. The number of nitrogens with one attached hydrogen (secondary N) is 1. The van der Waals surface area contributed by atoms with Crippen LogP contribution < -0.4 is 10.2 Å². The van der Waals surface area contributed by atoms with Crippen molar-refractivity contribution >= 4 is 34.4 Å². The fourth-order valence-electron chi connectivity index (χ4n) is 2.38. The minimum Gasteiger partial charge on any atom is -0.305 e. The molecule has 1 aliphatic rings. The highest BCUT2D eigenvalue weighted by atomic mass is 32.1. The monoisotopic (exact) mass is 293 g/mol. The molecule has 2 aromatic heterocycles. The van der Waals surface area contributed by atoms with Crippen molar-refractivity contribution in [3.05, 3.63) is 32.3 Å². The quantitative estimate of drug-likeness (QED) is 0.924. The summed E-state index contributed by atoms with van der Waals surface area (Å²) < 4.78 is 0. The molecule has 0 saturated heterocycles. The van der Waals surface area contributed by atoms with Crippen LogP contribution in [0.3, 0.4) is 0 Å². The van der Waals surface area contributed by atoms with Crippen LogP contribution in [0.2, 0.25) is 0 Å². The number of carbonyl (C=O) groups excluding carboxylic acids is 1. The average Bonchev–Trinajstić information content (AvgIpc) is 2.98. The van der Waals surface area contributed by atoms with Crippen LogP contribution in [0.5, 0.6) is 0 Å². The van der Waals surface area contributed by atoms with Crippen molar-refractivity contribution in [2.75, 3.05) is 18.5 Å². The Labute approximate surface area is 120 Å². The lowest BCUT2D eigenvalue weighted by molar-refractivity contribution is -0.120. The molecule has 3 heterocycles. The Morgan fingerprint density at radius 3 is 3.00 bits per heavy atom. The van der Waals surface area contributed by atoms with Crippen molar-refractivity contribution in [3.8, 4) is 0 Å². The minimum atomic E-state index is -0.250. The van der Waals surface area contributed by atoms with E-state index in [1.165, 1.54) is 5.56 Å². The summed E-state index contributed by atoms with van der Waals surface area (Å²) in [5.74, 6) is 0.872. The number of aryl methyl sites for hydroxylation is 1. The minimum absolute atomic E-state index is 0.0917. The molecule has 0 spiro atoms. The molecule has 4 nitrogen and oxygen atoms in total. The van der Waals surface area contributed by atoms with Crippen molar-refractivity contribution in [2.45, 2.75) is 19.4 Å². The van der Waals surface area contributed by atoms with Gasteiger partial charge in [0.25, 0.3) is 5.91 Å². The Kier molecular flexibility index (Phi) is 3.38. The van der Waals surface area contributed by atoms with Crippen LogP contribution >= 0.6 is 22.7 Å². The highest BCUT2D eigenvalue weighted by molar-refractivity contribution is 7.10. The Morgan fingerprint density at radius 2 is 2.32 bits per heavy atom. The van der Waals surface area contributed by atoms with Gasteiger partial charge in [-0.05, 0) is 37.4 Å². The molecule has 0 aliphatic carbocycles.